The Balaban J connectivity index is 1.89. The quantitative estimate of drug-likeness (QED) is 0.603. The number of H-pyrrole nitrogens is 1. The molecule has 0 saturated heterocycles. The van der Waals surface area contributed by atoms with Crippen molar-refractivity contribution >= 4 is 28.5 Å². The van der Waals surface area contributed by atoms with Crippen molar-refractivity contribution in [2.24, 2.45) is 0 Å². The third-order valence-electron chi connectivity index (χ3n) is 5.60. The van der Waals surface area contributed by atoms with E-state index in [1.54, 1.807) is 27.0 Å². The summed E-state index contributed by atoms with van der Waals surface area (Å²) in [5, 5.41) is 0.891. The molecule has 0 saturated carbocycles. The van der Waals surface area contributed by atoms with Gasteiger partial charge < -0.3 is 14.6 Å². The Morgan fingerprint density at radius 1 is 1.25 bits per heavy atom. The molecule has 0 fully saturated rings. The van der Waals surface area contributed by atoms with Gasteiger partial charge in [0.15, 0.2) is 0 Å². The first-order valence-corrected chi connectivity index (χ1v) is 10.6. The van der Waals surface area contributed by atoms with Crippen LogP contribution in [0.1, 0.15) is 54.9 Å². The third kappa shape index (κ3) is 3.79. The lowest BCUT2D eigenvalue weighted by Crippen LogP contribution is -2.37. The molecule has 0 bridgehead atoms. The lowest BCUT2D eigenvalue weighted by Gasteiger charge is -2.29. The Morgan fingerprint density at radius 3 is 2.69 bits per heavy atom. The number of amides is 1. The number of nitrogens with one attached hydrogen (secondary N) is 1. The van der Waals surface area contributed by atoms with Gasteiger partial charge in [0.2, 0.25) is 0 Å². The molecule has 6 nitrogen and oxygen atoms in total. The number of nitrogens with zero attached hydrogens (tertiary/aromatic N) is 2. The zero-order valence-electron chi connectivity index (χ0n) is 18.8. The molecule has 0 aliphatic carbocycles. The van der Waals surface area contributed by atoms with Gasteiger partial charge in [-0.15, -0.1) is 0 Å². The van der Waals surface area contributed by atoms with Gasteiger partial charge in [0.25, 0.3) is 5.91 Å². The first-order valence-electron chi connectivity index (χ1n) is 10.6. The lowest BCUT2D eigenvalue weighted by molar-refractivity contribution is -0.140. The van der Waals surface area contributed by atoms with Crippen molar-refractivity contribution in [3.8, 4) is 0 Å². The predicted molar refractivity (Wildman–Crippen MR) is 120 cm³/mol. The fourth-order valence-electron chi connectivity index (χ4n) is 4.20. The van der Waals surface area contributed by atoms with Gasteiger partial charge in [-0.05, 0) is 62.2 Å². The van der Waals surface area contributed by atoms with Crippen LogP contribution < -0.4 is 0 Å². The van der Waals surface area contributed by atoms with Gasteiger partial charge in [-0.2, -0.15) is 0 Å². The molecule has 166 valence electrons. The van der Waals surface area contributed by atoms with Gasteiger partial charge in [-0.3, -0.25) is 4.79 Å². The Labute approximate surface area is 186 Å². The van der Waals surface area contributed by atoms with Crippen LogP contribution in [0, 0.1) is 12.7 Å². The third-order valence-corrected chi connectivity index (χ3v) is 5.60. The molecule has 0 radical (unpaired) electrons. The minimum absolute atomic E-state index is 0.254. The molecule has 1 aromatic carbocycles. The number of aromatic nitrogens is 2. The summed E-state index contributed by atoms with van der Waals surface area (Å²) in [5.41, 5.74) is 2.64. The second kappa shape index (κ2) is 7.89. The van der Waals surface area contributed by atoms with Gasteiger partial charge in [-0.1, -0.05) is 13.8 Å². The van der Waals surface area contributed by atoms with Crippen molar-refractivity contribution in [1.29, 1.82) is 0 Å². The number of pyridine rings is 1. The summed E-state index contributed by atoms with van der Waals surface area (Å²) in [4.78, 5) is 35.7. The number of fused-ring (bicyclic) bond motifs is 3. The second-order valence-corrected chi connectivity index (χ2v) is 9.05. The minimum Gasteiger partial charge on any atom is -0.459 e. The summed E-state index contributed by atoms with van der Waals surface area (Å²) in [7, 11) is 0. The maximum absolute atomic E-state index is 13.8. The number of hydrogen-bond acceptors (Lipinski definition) is 4. The van der Waals surface area contributed by atoms with Crippen molar-refractivity contribution in [3.05, 3.63) is 70.9 Å². The van der Waals surface area contributed by atoms with E-state index in [0.717, 1.165) is 10.9 Å². The van der Waals surface area contributed by atoms with Crippen LogP contribution in [0.2, 0.25) is 0 Å². The number of carbonyl (C=O) groups is 2. The van der Waals surface area contributed by atoms with Crippen LogP contribution >= 0.6 is 0 Å². The van der Waals surface area contributed by atoms with Gasteiger partial charge in [0, 0.05) is 35.3 Å². The maximum Gasteiger partial charge on any atom is 0.342 e. The van der Waals surface area contributed by atoms with Gasteiger partial charge >= 0.3 is 5.97 Å². The Bertz CT molecular complexity index is 1260. The second-order valence-electron chi connectivity index (χ2n) is 9.05. The number of halogens is 1. The number of aromatic amines is 1. The van der Waals surface area contributed by atoms with Crippen LogP contribution in [0.3, 0.4) is 0 Å². The number of rotatable bonds is 3. The van der Waals surface area contributed by atoms with Crippen LogP contribution in [-0.4, -0.2) is 39.4 Å². The topological polar surface area (TPSA) is 75.3 Å². The molecule has 3 aromatic rings. The molecular weight excluding hydrogens is 409 g/mol. The Kier molecular flexibility index (Phi) is 5.36. The summed E-state index contributed by atoms with van der Waals surface area (Å²) in [5.74, 6) is -1.22. The number of ether oxygens (including phenoxy) is 1. The summed E-state index contributed by atoms with van der Waals surface area (Å²) in [6.07, 6.45) is 2.90. The van der Waals surface area contributed by atoms with E-state index < -0.39 is 11.4 Å². The molecule has 0 unspecified atom stereocenters. The van der Waals surface area contributed by atoms with Crippen LogP contribution in [-0.2, 0) is 14.9 Å². The molecule has 32 heavy (non-hydrogen) atoms. The highest BCUT2D eigenvalue weighted by Crippen LogP contribution is 2.40. The fourth-order valence-corrected chi connectivity index (χ4v) is 4.20. The summed E-state index contributed by atoms with van der Waals surface area (Å²) in [6, 6.07) is 8.06. The molecule has 1 aliphatic rings. The monoisotopic (exact) mass is 435 g/mol. The molecule has 4 rings (SSSR count). The Morgan fingerprint density at radius 2 is 2.00 bits per heavy atom. The highest BCUT2D eigenvalue weighted by atomic mass is 19.1. The number of hydrogen-bond donors (Lipinski definition) is 1. The van der Waals surface area contributed by atoms with E-state index in [2.05, 4.69) is 9.97 Å². The van der Waals surface area contributed by atoms with Crippen LogP contribution in [0.5, 0.6) is 0 Å². The lowest BCUT2D eigenvalue weighted by atomic mass is 9.82. The fraction of sp³-hybridized carbons (Fsp3) is 0.320. The van der Waals surface area contributed by atoms with E-state index in [9.17, 15) is 14.0 Å². The van der Waals surface area contributed by atoms with E-state index in [-0.39, 0.29) is 23.4 Å². The first-order chi connectivity index (χ1) is 15.1. The van der Waals surface area contributed by atoms with E-state index >= 15 is 0 Å². The van der Waals surface area contributed by atoms with Crippen molar-refractivity contribution in [3.63, 3.8) is 0 Å². The summed E-state index contributed by atoms with van der Waals surface area (Å²) in [6.45, 7) is 9.52. The highest BCUT2D eigenvalue weighted by molar-refractivity contribution is 6.18. The average molecular weight is 435 g/mol. The number of esters is 1. The standard InChI is InChI=1S/C25H26FN3O3/c1-14(2)32-24(31)18-12-29(23(30)16-8-9-19(26)15(3)11-16)13-25(4,5)20-17-7-6-10-27-22(17)28-21(18)20/h6-12,14H,13H2,1-5H3,(H,27,28). The van der Waals surface area contributed by atoms with Gasteiger partial charge in [-0.25, -0.2) is 14.2 Å². The number of benzene rings is 1. The summed E-state index contributed by atoms with van der Waals surface area (Å²) >= 11 is 0. The van der Waals surface area contributed by atoms with Crippen LogP contribution in [0.25, 0.3) is 16.6 Å². The molecule has 2 aromatic heterocycles. The molecular formula is C25H26FN3O3. The van der Waals surface area contributed by atoms with Gasteiger partial charge in [0.05, 0.1) is 17.4 Å². The average Bonchev–Trinajstić information content (AvgIpc) is 3.06. The van der Waals surface area contributed by atoms with E-state index in [1.807, 2.05) is 26.0 Å². The van der Waals surface area contributed by atoms with E-state index in [1.165, 1.54) is 29.3 Å². The van der Waals surface area contributed by atoms with E-state index in [0.29, 0.717) is 29.0 Å². The molecule has 1 N–H and O–H groups in total. The highest BCUT2D eigenvalue weighted by Gasteiger charge is 2.38. The summed E-state index contributed by atoms with van der Waals surface area (Å²) < 4.78 is 19.3. The van der Waals surface area contributed by atoms with Crippen molar-refractivity contribution in [2.75, 3.05) is 6.54 Å². The first kappa shape index (κ1) is 21.7. The number of carbonyl (C=O) groups excluding carboxylic acids is 2. The van der Waals surface area contributed by atoms with Crippen molar-refractivity contribution in [2.45, 2.75) is 46.1 Å². The predicted octanol–water partition coefficient (Wildman–Crippen LogP) is 4.74. The maximum atomic E-state index is 13.8. The zero-order valence-corrected chi connectivity index (χ0v) is 18.8. The largest absolute Gasteiger partial charge is 0.459 e. The van der Waals surface area contributed by atoms with E-state index in [4.69, 9.17) is 4.74 Å². The molecule has 0 spiro atoms. The molecule has 0 atom stereocenters. The van der Waals surface area contributed by atoms with Crippen molar-refractivity contribution in [1.82, 2.24) is 14.9 Å². The van der Waals surface area contributed by atoms with Gasteiger partial charge in [0.1, 0.15) is 11.5 Å². The molecule has 7 heteroatoms. The SMILES string of the molecule is Cc1cc(C(=O)N2C=C(C(=O)OC(C)C)c3[nH]c4ncccc4c3C(C)(C)C2)ccc1F. The molecule has 1 aliphatic heterocycles. The Hall–Kier alpha value is -3.48. The van der Waals surface area contributed by atoms with Crippen LogP contribution in [0.4, 0.5) is 4.39 Å². The smallest absolute Gasteiger partial charge is 0.342 e. The minimum atomic E-state index is -0.529. The van der Waals surface area contributed by atoms with Crippen molar-refractivity contribution < 1.29 is 18.7 Å². The molecule has 3 heterocycles. The molecule has 1 amide bonds. The normalized spacial score (nSPS) is 15.3. The zero-order chi connectivity index (χ0) is 23.2. The van der Waals surface area contributed by atoms with Crippen LogP contribution in [0.15, 0.2) is 42.7 Å². The number of aryl methyl sites for hydroxylation is 1.